The fourth-order valence-corrected chi connectivity index (χ4v) is 1.85. The van der Waals surface area contributed by atoms with Crippen LogP contribution in [-0.4, -0.2) is 48.3 Å². The molecule has 0 bridgehead atoms. The van der Waals surface area contributed by atoms with E-state index in [-0.39, 0.29) is 29.5 Å². The van der Waals surface area contributed by atoms with Crippen LogP contribution < -0.4 is 10.6 Å². The van der Waals surface area contributed by atoms with Gasteiger partial charge in [-0.25, -0.2) is 4.98 Å². The third kappa shape index (κ3) is 2.54. The molecule has 1 aliphatic rings. The molecule has 17 heavy (non-hydrogen) atoms. The molecule has 6 heteroatoms. The van der Waals surface area contributed by atoms with Crippen LogP contribution in [0.15, 0.2) is 18.3 Å². The minimum atomic E-state index is -0.390. The SMILES string of the molecule is CO[C@@H]1CNCC1NC(=O)c1ncccc1O. The van der Waals surface area contributed by atoms with E-state index in [1.807, 2.05) is 0 Å². The number of rotatable bonds is 3. The molecule has 2 rings (SSSR count). The van der Waals surface area contributed by atoms with Gasteiger partial charge in [0, 0.05) is 26.4 Å². The Morgan fingerprint density at radius 2 is 2.47 bits per heavy atom. The Bertz CT molecular complexity index is 411. The third-order valence-corrected chi connectivity index (χ3v) is 2.78. The van der Waals surface area contributed by atoms with E-state index in [1.54, 1.807) is 13.2 Å². The van der Waals surface area contributed by atoms with Crippen LogP contribution in [0.4, 0.5) is 0 Å². The van der Waals surface area contributed by atoms with E-state index in [0.29, 0.717) is 13.1 Å². The molecule has 1 fully saturated rings. The van der Waals surface area contributed by atoms with Crippen LogP contribution >= 0.6 is 0 Å². The second-order valence-corrected chi connectivity index (χ2v) is 3.88. The van der Waals surface area contributed by atoms with Crippen LogP contribution in [0.25, 0.3) is 0 Å². The molecule has 2 atom stereocenters. The number of carbonyl (C=O) groups is 1. The predicted molar refractivity (Wildman–Crippen MR) is 60.8 cm³/mol. The highest BCUT2D eigenvalue weighted by Gasteiger charge is 2.29. The van der Waals surface area contributed by atoms with Gasteiger partial charge in [-0.1, -0.05) is 0 Å². The van der Waals surface area contributed by atoms with Gasteiger partial charge < -0.3 is 20.5 Å². The second-order valence-electron chi connectivity index (χ2n) is 3.88. The van der Waals surface area contributed by atoms with Gasteiger partial charge in [-0.15, -0.1) is 0 Å². The molecule has 1 aromatic rings. The van der Waals surface area contributed by atoms with Crippen molar-refractivity contribution < 1.29 is 14.6 Å². The van der Waals surface area contributed by atoms with E-state index in [4.69, 9.17) is 4.74 Å². The summed E-state index contributed by atoms with van der Waals surface area (Å²) >= 11 is 0. The first-order valence-electron chi connectivity index (χ1n) is 5.40. The molecular formula is C11H15N3O3. The Labute approximate surface area is 99.0 Å². The number of aromatic nitrogens is 1. The van der Waals surface area contributed by atoms with Gasteiger partial charge in [-0.3, -0.25) is 4.79 Å². The summed E-state index contributed by atoms with van der Waals surface area (Å²) in [5.41, 5.74) is 0.0363. The number of nitrogens with zero attached hydrogens (tertiary/aromatic N) is 1. The van der Waals surface area contributed by atoms with Crippen molar-refractivity contribution >= 4 is 5.91 Å². The lowest BCUT2D eigenvalue weighted by atomic mass is 10.2. The highest BCUT2D eigenvalue weighted by Crippen LogP contribution is 2.13. The Hall–Kier alpha value is -1.66. The number of aromatic hydroxyl groups is 1. The molecule has 1 amide bonds. The summed E-state index contributed by atoms with van der Waals surface area (Å²) in [6.45, 7) is 1.35. The van der Waals surface area contributed by atoms with Gasteiger partial charge in [0.05, 0.1) is 12.1 Å². The number of ether oxygens (including phenoxy) is 1. The van der Waals surface area contributed by atoms with E-state index in [2.05, 4.69) is 15.6 Å². The van der Waals surface area contributed by atoms with Crippen LogP contribution in [0.2, 0.25) is 0 Å². The van der Waals surface area contributed by atoms with Gasteiger partial charge in [0.15, 0.2) is 5.69 Å². The quantitative estimate of drug-likeness (QED) is 0.660. The summed E-state index contributed by atoms with van der Waals surface area (Å²) in [4.78, 5) is 15.7. The first-order chi connectivity index (χ1) is 8.22. The normalized spacial score (nSPS) is 23.6. The van der Waals surface area contributed by atoms with Crippen molar-refractivity contribution in [3.8, 4) is 5.75 Å². The van der Waals surface area contributed by atoms with Crippen molar-refractivity contribution in [2.24, 2.45) is 0 Å². The Morgan fingerprint density at radius 3 is 3.18 bits per heavy atom. The number of pyridine rings is 1. The van der Waals surface area contributed by atoms with Gasteiger partial charge in [0.1, 0.15) is 5.75 Å². The maximum absolute atomic E-state index is 11.9. The molecule has 1 saturated heterocycles. The van der Waals surface area contributed by atoms with Gasteiger partial charge in [0.2, 0.25) is 0 Å². The summed E-state index contributed by atoms with van der Waals surface area (Å²) in [6, 6.07) is 2.90. The number of hydrogen-bond acceptors (Lipinski definition) is 5. The van der Waals surface area contributed by atoms with E-state index in [1.165, 1.54) is 12.3 Å². The smallest absolute Gasteiger partial charge is 0.274 e. The van der Waals surface area contributed by atoms with Crippen molar-refractivity contribution in [2.45, 2.75) is 12.1 Å². The molecule has 0 spiro atoms. The zero-order valence-corrected chi connectivity index (χ0v) is 9.51. The zero-order valence-electron chi connectivity index (χ0n) is 9.51. The topological polar surface area (TPSA) is 83.5 Å². The van der Waals surface area contributed by atoms with Crippen molar-refractivity contribution in [3.63, 3.8) is 0 Å². The first-order valence-corrected chi connectivity index (χ1v) is 5.40. The maximum atomic E-state index is 11.9. The van der Waals surface area contributed by atoms with Crippen molar-refractivity contribution in [3.05, 3.63) is 24.0 Å². The highest BCUT2D eigenvalue weighted by atomic mass is 16.5. The summed E-state index contributed by atoms with van der Waals surface area (Å²) in [7, 11) is 1.61. The maximum Gasteiger partial charge on any atom is 0.274 e. The van der Waals surface area contributed by atoms with Crippen molar-refractivity contribution in [1.82, 2.24) is 15.6 Å². The molecule has 0 aliphatic carbocycles. The average molecular weight is 237 g/mol. The summed E-state index contributed by atoms with van der Waals surface area (Å²) in [5, 5.41) is 15.4. The highest BCUT2D eigenvalue weighted by molar-refractivity contribution is 5.95. The molecule has 1 aliphatic heterocycles. The lowest BCUT2D eigenvalue weighted by Gasteiger charge is -2.18. The second kappa shape index (κ2) is 5.11. The van der Waals surface area contributed by atoms with E-state index in [0.717, 1.165) is 0 Å². The molecule has 6 nitrogen and oxygen atoms in total. The summed E-state index contributed by atoms with van der Waals surface area (Å²) in [6.07, 6.45) is 1.42. The van der Waals surface area contributed by atoms with Gasteiger partial charge in [-0.05, 0) is 12.1 Å². The average Bonchev–Trinajstić information content (AvgIpc) is 2.76. The van der Waals surface area contributed by atoms with Crippen LogP contribution in [0, 0.1) is 0 Å². The minimum Gasteiger partial charge on any atom is -0.505 e. The molecule has 1 unspecified atom stereocenters. The molecule has 0 aromatic carbocycles. The molecule has 92 valence electrons. The van der Waals surface area contributed by atoms with Gasteiger partial charge in [-0.2, -0.15) is 0 Å². The van der Waals surface area contributed by atoms with E-state index in [9.17, 15) is 9.90 Å². The van der Waals surface area contributed by atoms with Crippen LogP contribution in [0.5, 0.6) is 5.75 Å². The standard InChI is InChI=1S/C11H15N3O3/c1-17-9-6-12-5-7(9)14-11(16)10-8(15)3-2-4-13-10/h2-4,7,9,12,15H,5-6H2,1H3,(H,14,16)/t7?,9-/m1/s1. The molecule has 3 N–H and O–H groups in total. The Kier molecular flexibility index (Phi) is 3.55. The number of nitrogens with one attached hydrogen (secondary N) is 2. The minimum absolute atomic E-state index is 0.0363. The molecule has 1 aromatic heterocycles. The molecule has 2 heterocycles. The molecule has 0 radical (unpaired) electrons. The predicted octanol–water partition coefficient (Wildman–Crippen LogP) is -0.496. The number of carbonyl (C=O) groups excluding carboxylic acids is 1. The number of amides is 1. The van der Waals surface area contributed by atoms with Crippen molar-refractivity contribution in [2.75, 3.05) is 20.2 Å². The van der Waals surface area contributed by atoms with Crippen LogP contribution in [0.1, 0.15) is 10.5 Å². The third-order valence-electron chi connectivity index (χ3n) is 2.78. The molecule has 0 saturated carbocycles. The monoisotopic (exact) mass is 237 g/mol. The molecular weight excluding hydrogens is 222 g/mol. The largest absolute Gasteiger partial charge is 0.505 e. The number of methoxy groups -OCH3 is 1. The zero-order chi connectivity index (χ0) is 12.3. The van der Waals surface area contributed by atoms with E-state index < -0.39 is 0 Å². The fourth-order valence-electron chi connectivity index (χ4n) is 1.85. The van der Waals surface area contributed by atoms with Gasteiger partial charge in [0.25, 0.3) is 5.91 Å². The number of hydrogen-bond donors (Lipinski definition) is 3. The summed E-state index contributed by atoms with van der Waals surface area (Å²) in [5.74, 6) is -0.510. The summed E-state index contributed by atoms with van der Waals surface area (Å²) < 4.78 is 5.23. The van der Waals surface area contributed by atoms with Gasteiger partial charge >= 0.3 is 0 Å². The lowest BCUT2D eigenvalue weighted by Crippen LogP contribution is -2.43. The lowest BCUT2D eigenvalue weighted by molar-refractivity contribution is 0.0774. The van der Waals surface area contributed by atoms with E-state index >= 15 is 0 Å². The Balaban J connectivity index is 2.04. The Morgan fingerprint density at radius 1 is 1.65 bits per heavy atom. The first kappa shape index (κ1) is 11.8. The van der Waals surface area contributed by atoms with Crippen LogP contribution in [-0.2, 0) is 4.74 Å². The fraction of sp³-hybridized carbons (Fsp3) is 0.455. The van der Waals surface area contributed by atoms with Crippen molar-refractivity contribution in [1.29, 1.82) is 0 Å². The van der Waals surface area contributed by atoms with Crippen LogP contribution in [0.3, 0.4) is 0 Å².